The Bertz CT molecular complexity index is 144. The summed E-state index contributed by atoms with van der Waals surface area (Å²) in [4.78, 5) is 2.30. The molecule has 0 saturated carbocycles. The largest absolute Gasteiger partial charge is 0.376 e. The SMILES string of the molecule is C=CCOCCN(CC)CCOCC=C. The molecule has 0 aliphatic rings. The first-order valence-electron chi connectivity index (χ1n) is 5.44. The van der Waals surface area contributed by atoms with E-state index in [2.05, 4.69) is 25.0 Å². The Labute approximate surface area is 93.4 Å². The molecule has 0 aliphatic carbocycles. The molecule has 0 atom stereocenters. The van der Waals surface area contributed by atoms with Crippen molar-refractivity contribution in [2.24, 2.45) is 0 Å². The van der Waals surface area contributed by atoms with Gasteiger partial charge in [0.1, 0.15) is 0 Å². The van der Waals surface area contributed by atoms with Crippen molar-refractivity contribution in [2.75, 3.05) is 46.1 Å². The molecule has 0 rings (SSSR count). The molecule has 0 unspecified atom stereocenters. The predicted molar refractivity (Wildman–Crippen MR) is 64.1 cm³/mol. The molecule has 0 aliphatic heterocycles. The Morgan fingerprint density at radius 3 is 1.80 bits per heavy atom. The van der Waals surface area contributed by atoms with E-state index < -0.39 is 0 Å². The molecule has 3 heteroatoms. The third-order valence-corrected chi connectivity index (χ3v) is 2.02. The van der Waals surface area contributed by atoms with Gasteiger partial charge >= 0.3 is 0 Å². The van der Waals surface area contributed by atoms with Crippen LogP contribution in [0.15, 0.2) is 25.3 Å². The van der Waals surface area contributed by atoms with E-state index >= 15 is 0 Å². The first kappa shape index (κ1) is 14.4. The molecule has 0 heterocycles. The van der Waals surface area contributed by atoms with Crippen LogP contribution in [0.2, 0.25) is 0 Å². The second-order valence-corrected chi connectivity index (χ2v) is 3.16. The van der Waals surface area contributed by atoms with E-state index in [1.54, 1.807) is 12.2 Å². The van der Waals surface area contributed by atoms with E-state index in [1.165, 1.54) is 0 Å². The highest BCUT2D eigenvalue weighted by atomic mass is 16.5. The summed E-state index contributed by atoms with van der Waals surface area (Å²) in [5.74, 6) is 0. The van der Waals surface area contributed by atoms with Crippen LogP contribution in [0, 0.1) is 0 Å². The van der Waals surface area contributed by atoms with Crippen LogP contribution in [-0.4, -0.2) is 51.0 Å². The summed E-state index contributed by atoms with van der Waals surface area (Å²) < 4.78 is 10.7. The van der Waals surface area contributed by atoms with Gasteiger partial charge in [0.25, 0.3) is 0 Å². The molecule has 0 N–H and O–H groups in total. The van der Waals surface area contributed by atoms with Gasteiger partial charge in [0.2, 0.25) is 0 Å². The molecule has 0 bridgehead atoms. The lowest BCUT2D eigenvalue weighted by Gasteiger charge is -2.19. The maximum Gasteiger partial charge on any atom is 0.0645 e. The van der Waals surface area contributed by atoms with Gasteiger partial charge in [-0.15, -0.1) is 13.2 Å². The Balaban J connectivity index is 3.37. The first-order chi connectivity index (χ1) is 7.35. The van der Waals surface area contributed by atoms with Gasteiger partial charge in [-0.2, -0.15) is 0 Å². The molecule has 3 nitrogen and oxygen atoms in total. The number of rotatable bonds is 11. The molecular formula is C12H23NO2. The summed E-state index contributed by atoms with van der Waals surface area (Å²) in [5, 5.41) is 0. The standard InChI is InChI=1S/C12H23NO2/c1-4-9-14-11-7-13(6-3)8-12-15-10-5-2/h4-5H,1-2,6-12H2,3H3. The summed E-state index contributed by atoms with van der Waals surface area (Å²) in [7, 11) is 0. The van der Waals surface area contributed by atoms with Crippen molar-refractivity contribution in [1.82, 2.24) is 4.90 Å². The number of ether oxygens (including phenoxy) is 2. The molecule has 0 spiro atoms. The summed E-state index contributed by atoms with van der Waals surface area (Å²) in [6.07, 6.45) is 3.53. The van der Waals surface area contributed by atoms with Crippen molar-refractivity contribution in [2.45, 2.75) is 6.92 Å². The number of likely N-dealkylation sites (N-methyl/N-ethyl adjacent to an activating group) is 1. The zero-order valence-electron chi connectivity index (χ0n) is 9.78. The van der Waals surface area contributed by atoms with Crippen LogP contribution >= 0.6 is 0 Å². The van der Waals surface area contributed by atoms with E-state index in [1.807, 2.05) is 0 Å². The topological polar surface area (TPSA) is 21.7 Å². The van der Waals surface area contributed by atoms with Crippen molar-refractivity contribution >= 4 is 0 Å². The Hall–Kier alpha value is -0.640. The third-order valence-electron chi connectivity index (χ3n) is 2.02. The quantitative estimate of drug-likeness (QED) is 0.385. The fraction of sp³-hybridized carbons (Fsp3) is 0.667. The van der Waals surface area contributed by atoms with Crippen molar-refractivity contribution < 1.29 is 9.47 Å². The van der Waals surface area contributed by atoms with Gasteiger partial charge in [-0.1, -0.05) is 19.1 Å². The number of nitrogens with zero attached hydrogens (tertiary/aromatic N) is 1. The lowest BCUT2D eigenvalue weighted by molar-refractivity contribution is 0.0948. The van der Waals surface area contributed by atoms with Gasteiger partial charge in [-0.3, -0.25) is 4.90 Å². The summed E-state index contributed by atoms with van der Waals surface area (Å²) in [5.41, 5.74) is 0. The zero-order chi connectivity index (χ0) is 11.4. The van der Waals surface area contributed by atoms with Crippen LogP contribution in [-0.2, 0) is 9.47 Å². The maximum atomic E-state index is 5.33. The van der Waals surface area contributed by atoms with Crippen molar-refractivity contribution in [3.05, 3.63) is 25.3 Å². The monoisotopic (exact) mass is 213 g/mol. The van der Waals surface area contributed by atoms with Crippen molar-refractivity contribution in [1.29, 1.82) is 0 Å². The smallest absolute Gasteiger partial charge is 0.0645 e. The van der Waals surface area contributed by atoms with Crippen LogP contribution in [0.25, 0.3) is 0 Å². The molecule has 88 valence electrons. The molecule has 0 fully saturated rings. The van der Waals surface area contributed by atoms with Crippen molar-refractivity contribution in [3.63, 3.8) is 0 Å². The average molecular weight is 213 g/mol. The Morgan fingerprint density at radius 1 is 1.00 bits per heavy atom. The second-order valence-electron chi connectivity index (χ2n) is 3.16. The van der Waals surface area contributed by atoms with E-state index in [0.29, 0.717) is 13.2 Å². The van der Waals surface area contributed by atoms with Gasteiger partial charge in [0.15, 0.2) is 0 Å². The van der Waals surface area contributed by atoms with Gasteiger partial charge in [0, 0.05) is 13.1 Å². The van der Waals surface area contributed by atoms with Crippen LogP contribution in [0.3, 0.4) is 0 Å². The molecule has 15 heavy (non-hydrogen) atoms. The minimum absolute atomic E-state index is 0.629. The minimum atomic E-state index is 0.629. The normalized spacial score (nSPS) is 10.5. The fourth-order valence-electron chi connectivity index (χ4n) is 1.15. The molecule has 0 aromatic rings. The van der Waals surface area contributed by atoms with E-state index in [0.717, 1.165) is 32.8 Å². The molecule has 0 radical (unpaired) electrons. The highest BCUT2D eigenvalue weighted by molar-refractivity contribution is 4.65. The first-order valence-corrected chi connectivity index (χ1v) is 5.44. The van der Waals surface area contributed by atoms with Crippen LogP contribution in [0.4, 0.5) is 0 Å². The number of hydrogen-bond donors (Lipinski definition) is 0. The molecular weight excluding hydrogens is 190 g/mol. The maximum absolute atomic E-state index is 5.33. The van der Waals surface area contributed by atoms with Gasteiger partial charge < -0.3 is 9.47 Å². The molecule has 0 aromatic carbocycles. The Morgan fingerprint density at radius 2 is 1.47 bits per heavy atom. The predicted octanol–water partition coefficient (Wildman–Crippen LogP) is 1.71. The van der Waals surface area contributed by atoms with Crippen LogP contribution in [0.5, 0.6) is 0 Å². The van der Waals surface area contributed by atoms with Gasteiger partial charge in [-0.25, -0.2) is 0 Å². The third kappa shape index (κ3) is 9.66. The van der Waals surface area contributed by atoms with Gasteiger partial charge in [-0.05, 0) is 6.54 Å². The fourth-order valence-corrected chi connectivity index (χ4v) is 1.15. The molecule has 0 aromatic heterocycles. The van der Waals surface area contributed by atoms with Crippen LogP contribution < -0.4 is 0 Å². The zero-order valence-corrected chi connectivity index (χ0v) is 9.78. The summed E-state index contributed by atoms with van der Waals surface area (Å²) in [6.45, 7) is 15.0. The highest BCUT2D eigenvalue weighted by Gasteiger charge is 2.00. The number of hydrogen-bond acceptors (Lipinski definition) is 3. The van der Waals surface area contributed by atoms with Gasteiger partial charge in [0.05, 0.1) is 26.4 Å². The Kier molecular flexibility index (Phi) is 10.9. The van der Waals surface area contributed by atoms with E-state index in [9.17, 15) is 0 Å². The minimum Gasteiger partial charge on any atom is -0.376 e. The van der Waals surface area contributed by atoms with E-state index in [-0.39, 0.29) is 0 Å². The van der Waals surface area contributed by atoms with Crippen molar-refractivity contribution in [3.8, 4) is 0 Å². The lowest BCUT2D eigenvalue weighted by atomic mass is 10.4. The average Bonchev–Trinajstić information content (AvgIpc) is 2.27. The van der Waals surface area contributed by atoms with Crippen LogP contribution in [0.1, 0.15) is 6.92 Å². The second kappa shape index (κ2) is 11.4. The molecule has 0 saturated heterocycles. The highest BCUT2D eigenvalue weighted by Crippen LogP contribution is 1.89. The lowest BCUT2D eigenvalue weighted by Crippen LogP contribution is -2.30. The van der Waals surface area contributed by atoms with E-state index in [4.69, 9.17) is 9.47 Å². The molecule has 0 amide bonds. The summed E-state index contributed by atoms with van der Waals surface area (Å²) >= 11 is 0. The summed E-state index contributed by atoms with van der Waals surface area (Å²) in [6, 6.07) is 0.